The highest BCUT2D eigenvalue weighted by Gasteiger charge is 2.21. The lowest BCUT2D eigenvalue weighted by molar-refractivity contribution is 0.565. The van der Waals surface area contributed by atoms with Crippen LogP contribution in [0.1, 0.15) is 19.3 Å². The second kappa shape index (κ2) is 4.37. The zero-order valence-corrected chi connectivity index (χ0v) is 8.19. The standard InChI is InChI=1S/C10H16N4/c11-9-2-1-8(5-9)6-14-10-7-12-3-4-13-10/h3-4,7-9H,1-2,5-6,11H2,(H,13,14). The fourth-order valence-electron chi connectivity index (χ4n) is 1.94. The molecular weight excluding hydrogens is 176 g/mol. The zero-order chi connectivity index (χ0) is 9.80. The van der Waals surface area contributed by atoms with Crippen molar-refractivity contribution < 1.29 is 0 Å². The summed E-state index contributed by atoms with van der Waals surface area (Å²) in [5.74, 6) is 1.56. The van der Waals surface area contributed by atoms with Gasteiger partial charge in [-0.2, -0.15) is 0 Å². The van der Waals surface area contributed by atoms with E-state index in [1.54, 1.807) is 18.6 Å². The molecule has 1 saturated carbocycles. The van der Waals surface area contributed by atoms with Gasteiger partial charge in [-0.3, -0.25) is 4.98 Å². The molecule has 0 amide bonds. The van der Waals surface area contributed by atoms with Gasteiger partial charge in [0.25, 0.3) is 0 Å². The van der Waals surface area contributed by atoms with Gasteiger partial charge in [-0.15, -0.1) is 0 Å². The summed E-state index contributed by atoms with van der Waals surface area (Å²) >= 11 is 0. The van der Waals surface area contributed by atoms with Crippen LogP contribution in [0.25, 0.3) is 0 Å². The Labute approximate surface area is 83.9 Å². The lowest BCUT2D eigenvalue weighted by Crippen LogP contribution is -2.18. The summed E-state index contributed by atoms with van der Waals surface area (Å²) in [5.41, 5.74) is 5.84. The van der Waals surface area contributed by atoms with Gasteiger partial charge in [0, 0.05) is 25.0 Å². The molecule has 4 nitrogen and oxygen atoms in total. The van der Waals surface area contributed by atoms with Crippen LogP contribution in [0.5, 0.6) is 0 Å². The van der Waals surface area contributed by atoms with Crippen molar-refractivity contribution in [3.8, 4) is 0 Å². The summed E-state index contributed by atoms with van der Waals surface area (Å²) in [6.45, 7) is 0.965. The van der Waals surface area contributed by atoms with E-state index in [-0.39, 0.29) is 0 Å². The molecule has 0 bridgehead atoms. The number of anilines is 1. The Hall–Kier alpha value is -1.16. The first-order chi connectivity index (χ1) is 6.84. The van der Waals surface area contributed by atoms with Crippen molar-refractivity contribution in [2.45, 2.75) is 25.3 Å². The zero-order valence-electron chi connectivity index (χ0n) is 8.19. The van der Waals surface area contributed by atoms with E-state index in [0.717, 1.165) is 25.2 Å². The summed E-state index contributed by atoms with van der Waals surface area (Å²) in [6.07, 6.45) is 8.64. The van der Waals surface area contributed by atoms with E-state index in [1.165, 1.54) is 6.42 Å². The normalized spacial score (nSPS) is 26.4. The maximum atomic E-state index is 5.84. The molecule has 4 heteroatoms. The van der Waals surface area contributed by atoms with Crippen LogP contribution in [0.4, 0.5) is 5.82 Å². The summed E-state index contributed by atoms with van der Waals surface area (Å²) in [7, 11) is 0. The van der Waals surface area contributed by atoms with Crippen LogP contribution in [0, 0.1) is 5.92 Å². The molecule has 1 aliphatic rings. The summed E-state index contributed by atoms with van der Waals surface area (Å²) in [6, 6.07) is 0.406. The second-order valence-corrected chi connectivity index (χ2v) is 3.91. The first-order valence-corrected chi connectivity index (χ1v) is 5.10. The van der Waals surface area contributed by atoms with Crippen LogP contribution in [0.2, 0.25) is 0 Å². The maximum Gasteiger partial charge on any atom is 0.144 e. The van der Waals surface area contributed by atoms with Gasteiger partial charge >= 0.3 is 0 Å². The molecule has 1 aromatic rings. The SMILES string of the molecule is NC1CCC(CNc2cnccn2)C1. The topological polar surface area (TPSA) is 63.8 Å². The molecule has 0 aromatic carbocycles. The van der Waals surface area contributed by atoms with Crippen molar-refractivity contribution in [2.24, 2.45) is 11.7 Å². The Bertz CT molecular complexity index is 275. The van der Waals surface area contributed by atoms with Crippen molar-refractivity contribution in [2.75, 3.05) is 11.9 Å². The van der Waals surface area contributed by atoms with Crippen LogP contribution in [-0.4, -0.2) is 22.6 Å². The highest BCUT2D eigenvalue weighted by Crippen LogP contribution is 2.23. The molecule has 3 N–H and O–H groups in total. The van der Waals surface area contributed by atoms with E-state index >= 15 is 0 Å². The Morgan fingerprint density at radius 2 is 2.36 bits per heavy atom. The van der Waals surface area contributed by atoms with E-state index in [4.69, 9.17) is 5.73 Å². The lowest BCUT2D eigenvalue weighted by Gasteiger charge is -2.10. The van der Waals surface area contributed by atoms with Gasteiger partial charge in [0.05, 0.1) is 6.20 Å². The molecule has 2 unspecified atom stereocenters. The second-order valence-electron chi connectivity index (χ2n) is 3.91. The average Bonchev–Trinajstić information content (AvgIpc) is 2.63. The number of hydrogen-bond donors (Lipinski definition) is 2. The maximum absolute atomic E-state index is 5.84. The number of nitrogens with two attached hydrogens (primary N) is 1. The van der Waals surface area contributed by atoms with Crippen molar-refractivity contribution in [1.82, 2.24) is 9.97 Å². The van der Waals surface area contributed by atoms with Crippen LogP contribution in [0.15, 0.2) is 18.6 Å². The highest BCUT2D eigenvalue weighted by atomic mass is 15.0. The molecular formula is C10H16N4. The lowest BCUT2D eigenvalue weighted by atomic mass is 10.1. The van der Waals surface area contributed by atoms with Gasteiger partial charge in [0.1, 0.15) is 5.82 Å². The van der Waals surface area contributed by atoms with Crippen molar-refractivity contribution in [1.29, 1.82) is 0 Å². The monoisotopic (exact) mass is 192 g/mol. The minimum absolute atomic E-state index is 0.406. The molecule has 1 fully saturated rings. The minimum Gasteiger partial charge on any atom is -0.369 e. The van der Waals surface area contributed by atoms with Crippen LogP contribution < -0.4 is 11.1 Å². The van der Waals surface area contributed by atoms with E-state index < -0.39 is 0 Å². The smallest absolute Gasteiger partial charge is 0.144 e. The fraction of sp³-hybridized carbons (Fsp3) is 0.600. The van der Waals surface area contributed by atoms with Crippen molar-refractivity contribution in [3.63, 3.8) is 0 Å². The van der Waals surface area contributed by atoms with E-state index in [9.17, 15) is 0 Å². The average molecular weight is 192 g/mol. The number of rotatable bonds is 3. The summed E-state index contributed by atoms with van der Waals surface area (Å²) < 4.78 is 0. The van der Waals surface area contributed by atoms with Gasteiger partial charge in [0.2, 0.25) is 0 Å². The molecule has 1 aliphatic carbocycles. The molecule has 14 heavy (non-hydrogen) atoms. The number of nitrogens with one attached hydrogen (secondary N) is 1. The van der Waals surface area contributed by atoms with Crippen LogP contribution >= 0.6 is 0 Å². The molecule has 1 aromatic heterocycles. The van der Waals surface area contributed by atoms with Crippen LogP contribution in [0.3, 0.4) is 0 Å². The van der Waals surface area contributed by atoms with Gasteiger partial charge in [-0.05, 0) is 25.2 Å². The third-order valence-corrected chi connectivity index (χ3v) is 2.72. The minimum atomic E-state index is 0.406. The van der Waals surface area contributed by atoms with Gasteiger partial charge in [-0.1, -0.05) is 0 Å². The van der Waals surface area contributed by atoms with Crippen LogP contribution in [-0.2, 0) is 0 Å². The predicted octanol–water partition coefficient (Wildman–Crippen LogP) is 1.02. The predicted molar refractivity (Wildman–Crippen MR) is 55.8 cm³/mol. The fourth-order valence-corrected chi connectivity index (χ4v) is 1.94. The first-order valence-electron chi connectivity index (χ1n) is 5.10. The quantitative estimate of drug-likeness (QED) is 0.750. The molecule has 2 atom stereocenters. The Balaban J connectivity index is 1.78. The molecule has 1 heterocycles. The molecule has 0 aliphatic heterocycles. The summed E-state index contributed by atoms with van der Waals surface area (Å²) in [4.78, 5) is 8.15. The van der Waals surface area contributed by atoms with Gasteiger partial charge < -0.3 is 11.1 Å². The molecule has 0 saturated heterocycles. The van der Waals surface area contributed by atoms with Gasteiger partial charge in [0.15, 0.2) is 0 Å². The molecule has 0 radical (unpaired) electrons. The number of nitrogens with zero attached hydrogens (tertiary/aromatic N) is 2. The Morgan fingerprint density at radius 1 is 1.43 bits per heavy atom. The van der Waals surface area contributed by atoms with Crippen molar-refractivity contribution >= 4 is 5.82 Å². The largest absolute Gasteiger partial charge is 0.369 e. The number of hydrogen-bond acceptors (Lipinski definition) is 4. The molecule has 0 spiro atoms. The Morgan fingerprint density at radius 3 is 3.00 bits per heavy atom. The highest BCUT2D eigenvalue weighted by molar-refractivity contribution is 5.29. The van der Waals surface area contributed by atoms with E-state index in [1.807, 2.05) is 0 Å². The summed E-state index contributed by atoms with van der Waals surface area (Å²) in [5, 5.41) is 3.28. The first kappa shape index (κ1) is 9.40. The third-order valence-electron chi connectivity index (χ3n) is 2.72. The van der Waals surface area contributed by atoms with E-state index in [0.29, 0.717) is 12.0 Å². The van der Waals surface area contributed by atoms with E-state index in [2.05, 4.69) is 15.3 Å². The van der Waals surface area contributed by atoms with Crippen molar-refractivity contribution in [3.05, 3.63) is 18.6 Å². The molecule has 2 rings (SSSR count). The molecule has 76 valence electrons. The van der Waals surface area contributed by atoms with Gasteiger partial charge in [-0.25, -0.2) is 4.98 Å². The number of aromatic nitrogens is 2. The Kier molecular flexibility index (Phi) is 2.93. The third kappa shape index (κ3) is 2.42.